The van der Waals surface area contributed by atoms with Gasteiger partial charge in [-0.3, -0.25) is 0 Å². The molecule has 4 rings (SSSR count). The molecule has 2 aromatic heterocycles. The quantitative estimate of drug-likeness (QED) is 0.375. The highest BCUT2D eigenvalue weighted by Crippen LogP contribution is 2.34. The molecule has 0 saturated carbocycles. The molecular weight excluding hydrogens is 400 g/mol. The molecule has 0 atom stereocenters. The second-order valence-electron chi connectivity index (χ2n) is 9.97. The standard InChI is InChI=1S/C26H30N4O2/c1-8-31-16-9-11-19-21(13-16)29-24(30-23(19)26(5,6)7)32-17-10-12-18-20(14-17)27-15-28-22(18)25(2,3)4/h9-15H,8H2,1-7H3. The Kier molecular flexibility index (Phi) is 5.49. The largest absolute Gasteiger partial charge is 0.494 e. The third-order valence-electron chi connectivity index (χ3n) is 5.20. The molecule has 0 bridgehead atoms. The van der Waals surface area contributed by atoms with Crippen LogP contribution in [0.2, 0.25) is 0 Å². The van der Waals surface area contributed by atoms with E-state index in [4.69, 9.17) is 14.5 Å². The zero-order valence-corrected chi connectivity index (χ0v) is 19.9. The summed E-state index contributed by atoms with van der Waals surface area (Å²) in [5.74, 6) is 1.41. The average molecular weight is 431 g/mol. The fourth-order valence-electron chi connectivity index (χ4n) is 3.77. The number of hydrogen-bond donors (Lipinski definition) is 0. The fraction of sp³-hybridized carbons (Fsp3) is 0.385. The Balaban J connectivity index is 1.79. The maximum atomic E-state index is 6.13. The molecular formula is C26H30N4O2. The minimum Gasteiger partial charge on any atom is -0.494 e. The molecule has 166 valence electrons. The highest BCUT2D eigenvalue weighted by Gasteiger charge is 2.22. The minimum atomic E-state index is -0.176. The molecule has 6 heteroatoms. The molecule has 0 spiro atoms. The van der Waals surface area contributed by atoms with Gasteiger partial charge < -0.3 is 9.47 Å². The lowest BCUT2D eigenvalue weighted by Gasteiger charge is -2.21. The van der Waals surface area contributed by atoms with Gasteiger partial charge in [-0.05, 0) is 31.2 Å². The molecule has 0 amide bonds. The zero-order valence-electron chi connectivity index (χ0n) is 19.9. The summed E-state index contributed by atoms with van der Waals surface area (Å²) < 4.78 is 11.8. The van der Waals surface area contributed by atoms with Gasteiger partial charge in [0.05, 0.1) is 29.0 Å². The molecule has 0 saturated heterocycles. The first kappa shape index (κ1) is 21.9. The SMILES string of the molecule is CCOc1ccc2c(C(C)(C)C)nc(Oc3ccc4c(C(C)(C)C)ncnc4c3)nc2c1. The van der Waals surface area contributed by atoms with E-state index in [1.54, 1.807) is 6.33 Å². The average Bonchev–Trinajstić information content (AvgIpc) is 2.71. The Morgan fingerprint density at radius 2 is 1.34 bits per heavy atom. The van der Waals surface area contributed by atoms with Gasteiger partial charge in [0, 0.05) is 33.7 Å². The Labute approximate surface area is 189 Å². The maximum absolute atomic E-state index is 6.13. The summed E-state index contributed by atoms with van der Waals surface area (Å²) >= 11 is 0. The number of rotatable bonds is 4. The monoisotopic (exact) mass is 430 g/mol. The number of fused-ring (bicyclic) bond motifs is 2. The second-order valence-corrected chi connectivity index (χ2v) is 9.97. The zero-order chi connectivity index (χ0) is 23.1. The first-order chi connectivity index (χ1) is 15.1. The van der Waals surface area contributed by atoms with Crippen molar-refractivity contribution in [1.82, 2.24) is 19.9 Å². The van der Waals surface area contributed by atoms with Crippen LogP contribution in [0.25, 0.3) is 21.8 Å². The predicted molar refractivity (Wildman–Crippen MR) is 128 cm³/mol. The van der Waals surface area contributed by atoms with E-state index < -0.39 is 0 Å². The van der Waals surface area contributed by atoms with Crippen LogP contribution in [0.5, 0.6) is 17.5 Å². The van der Waals surface area contributed by atoms with E-state index in [1.165, 1.54) is 0 Å². The van der Waals surface area contributed by atoms with Crippen LogP contribution in [-0.4, -0.2) is 26.5 Å². The van der Waals surface area contributed by atoms with Gasteiger partial charge in [0.25, 0.3) is 0 Å². The van der Waals surface area contributed by atoms with Crippen LogP contribution in [-0.2, 0) is 10.8 Å². The van der Waals surface area contributed by atoms with Crippen molar-refractivity contribution in [2.45, 2.75) is 59.3 Å². The molecule has 0 unspecified atom stereocenters. The van der Waals surface area contributed by atoms with E-state index in [0.29, 0.717) is 18.4 Å². The molecule has 0 N–H and O–H groups in total. The molecule has 2 aromatic carbocycles. The van der Waals surface area contributed by atoms with Crippen molar-refractivity contribution in [3.63, 3.8) is 0 Å². The Bertz CT molecular complexity index is 1290. The van der Waals surface area contributed by atoms with Crippen LogP contribution in [0.15, 0.2) is 42.7 Å². The molecule has 0 radical (unpaired) electrons. The first-order valence-electron chi connectivity index (χ1n) is 10.9. The number of hydrogen-bond acceptors (Lipinski definition) is 6. The summed E-state index contributed by atoms with van der Waals surface area (Å²) in [5, 5.41) is 2.01. The number of aromatic nitrogens is 4. The molecule has 2 heterocycles. The van der Waals surface area contributed by atoms with Crippen molar-refractivity contribution >= 4 is 21.8 Å². The molecule has 0 aliphatic carbocycles. The Morgan fingerprint density at radius 1 is 0.719 bits per heavy atom. The Morgan fingerprint density at radius 3 is 2.00 bits per heavy atom. The summed E-state index contributed by atoms with van der Waals surface area (Å²) in [6, 6.07) is 12.1. The van der Waals surface area contributed by atoms with E-state index >= 15 is 0 Å². The molecule has 0 aliphatic rings. The third kappa shape index (κ3) is 4.35. The molecule has 32 heavy (non-hydrogen) atoms. The summed E-state index contributed by atoms with van der Waals surface area (Å²) in [6.45, 7) is 15.4. The van der Waals surface area contributed by atoms with Gasteiger partial charge >= 0.3 is 6.01 Å². The molecule has 4 aromatic rings. The van der Waals surface area contributed by atoms with Gasteiger partial charge in [-0.25, -0.2) is 9.97 Å². The summed E-state index contributed by atoms with van der Waals surface area (Å²) in [6.07, 6.45) is 1.60. The smallest absolute Gasteiger partial charge is 0.322 e. The van der Waals surface area contributed by atoms with E-state index in [2.05, 4.69) is 56.5 Å². The van der Waals surface area contributed by atoms with Crippen LogP contribution in [0, 0.1) is 0 Å². The van der Waals surface area contributed by atoms with Crippen molar-refractivity contribution in [2.24, 2.45) is 0 Å². The fourth-order valence-corrected chi connectivity index (χ4v) is 3.77. The van der Waals surface area contributed by atoms with Crippen molar-refractivity contribution in [1.29, 1.82) is 0 Å². The van der Waals surface area contributed by atoms with Crippen molar-refractivity contribution in [3.05, 3.63) is 54.1 Å². The van der Waals surface area contributed by atoms with Crippen LogP contribution in [0.4, 0.5) is 0 Å². The summed E-state index contributed by atoms with van der Waals surface area (Å²) in [4.78, 5) is 18.4. The van der Waals surface area contributed by atoms with Crippen LogP contribution in [0.3, 0.4) is 0 Å². The van der Waals surface area contributed by atoms with E-state index in [1.807, 2.05) is 43.3 Å². The molecule has 0 aliphatic heterocycles. The summed E-state index contributed by atoms with van der Waals surface area (Å²) in [7, 11) is 0. The second kappa shape index (κ2) is 8.01. The molecule has 6 nitrogen and oxygen atoms in total. The predicted octanol–water partition coefficient (Wildman–Crippen LogP) is 6.36. The van der Waals surface area contributed by atoms with Crippen LogP contribution < -0.4 is 9.47 Å². The van der Waals surface area contributed by atoms with E-state index in [-0.39, 0.29) is 10.8 Å². The lowest BCUT2D eigenvalue weighted by Crippen LogP contribution is -2.15. The number of benzene rings is 2. The van der Waals surface area contributed by atoms with Crippen LogP contribution in [0.1, 0.15) is 59.9 Å². The highest BCUT2D eigenvalue weighted by atomic mass is 16.5. The number of nitrogens with zero attached hydrogens (tertiary/aromatic N) is 4. The van der Waals surface area contributed by atoms with Crippen molar-refractivity contribution in [3.8, 4) is 17.5 Å². The van der Waals surface area contributed by atoms with Gasteiger partial charge in [0.2, 0.25) is 0 Å². The lowest BCUT2D eigenvalue weighted by atomic mass is 9.89. The molecule has 0 fully saturated rings. The maximum Gasteiger partial charge on any atom is 0.322 e. The van der Waals surface area contributed by atoms with Crippen molar-refractivity contribution in [2.75, 3.05) is 6.61 Å². The van der Waals surface area contributed by atoms with Gasteiger partial charge in [-0.15, -0.1) is 0 Å². The summed E-state index contributed by atoms with van der Waals surface area (Å²) in [5.41, 5.74) is 3.31. The lowest BCUT2D eigenvalue weighted by molar-refractivity contribution is 0.340. The van der Waals surface area contributed by atoms with Crippen molar-refractivity contribution < 1.29 is 9.47 Å². The van der Waals surface area contributed by atoms with Gasteiger partial charge in [0.1, 0.15) is 17.8 Å². The first-order valence-corrected chi connectivity index (χ1v) is 10.9. The van der Waals surface area contributed by atoms with E-state index in [9.17, 15) is 0 Å². The van der Waals surface area contributed by atoms with Gasteiger partial charge in [-0.1, -0.05) is 41.5 Å². The Hall–Kier alpha value is -3.28. The normalized spacial score (nSPS) is 12.3. The highest BCUT2D eigenvalue weighted by molar-refractivity contribution is 5.84. The minimum absolute atomic E-state index is 0.0785. The van der Waals surface area contributed by atoms with Crippen LogP contribution >= 0.6 is 0 Å². The number of ether oxygens (including phenoxy) is 2. The van der Waals surface area contributed by atoms with Gasteiger partial charge in [-0.2, -0.15) is 9.97 Å². The third-order valence-corrected chi connectivity index (χ3v) is 5.20. The topological polar surface area (TPSA) is 70.0 Å². The van der Waals surface area contributed by atoms with E-state index in [0.717, 1.165) is 38.9 Å². The van der Waals surface area contributed by atoms with Gasteiger partial charge in [0.15, 0.2) is 0 Å².